The van der Waals surface area contributed by atoms with Crippen molar-refractivity contribution in [1.82, 2.24) is 35.2 Å². The number of hydrogen-bond acceptors (Lipinski definition) is 7. The fourth-order valence-corrected chi connectivity index (χ4v) is 4.51. The van der Waals surface area contributed by atoms with Crippen LogP contribution in [0.2, 0.25) is 0 Å². The molecule has 162 valence electrons. The van der Waals surface area contributed by atoms with E-state index in [4.69, 9.17) is 14.8 Å². The van der Waals surface area contributed by atoms with Gasteiger partial charge in [0.15, 0.2) is 5.82 Å². The molecule has 2 aromatic heterocycles. The molecule has 4 aliphatic rings. The molecule has 9 nitrogen and oxygen atoms in total. The number of aromatic amines is 1. The molecule has 2 aliphatic carbocycles. The predicted octanol–water partition coefficient (Wildman–Crippen LogP) is 0.451. The zero-order chi connectivity index (χ0) is 20.9. The molecular weight excluding hydrogens is 392 g/mol. The number of nitrogens with one attached hydrogen (secondary N) is 2. The van der Waals surface area contributed by atoms with Gasteiger partial charge in [0.05, 0.1) is 42.7 Å². The van der Waals surface area contributed by atoms with E-state index in [1.54, 1.807) is 6.34 Å². The van der Waals surface area contributed by atoms with E-state index in [0.717, 1.165) is 59.7 Å². The molecule has 2 unspecified atom stereocenters. The maximum atomic E-state index is 6.01. The number of hydrogen-bond donors (Lipinski definition) is 2. The molecule has 31 heavy (non-hydrogen) atoms. The van der Waals surface area contributed by atoms with Crippen molar-refractivity contribution < 1.29 is 4.74 Å². The number of ether oxygens (including phenoxy) is 1. The van der Waals surface area contributed by atoms with E-state index in [9.17, 15) is 0 Å². The zero-order valence-corrected chi connectivity index (χ0v) is 18.0. The lowest BCUT2D eigenvalue weighted by Crippen LogP contribution is -2.42. The number of H-pyrrole nitrogens is 1. The van der Waals surface area contributed by atoms with Gasteiger partial charge in [-0.05, 0) is 45.3 Å². The molecule has 6 rings (SSSR count). The molecule has 1 saturated carbocycles. The van der Waals surface area contributed by atoms with E-state index in [2.05, 4.69) is 62.2 Å². The minimum absolute atomic E-state index is 0.0475. The fourth-order valence-electron chi connectivity index (χ4n) is 4.51. The van der Waals surface area contributed by atoms with Gasteiger partial charge in [-0.25, -0.2) is 9.67 Å². The van der Waals surface area contributed by atoms with Gasteiger partial charge in [0.25, 0.3) is 0 Å². The van der Waals surface area contributed by atoms with Crippen LogP contribution in [0.3, 0.4) is 0 Å². The molecule has 2 N–H and O–H groups in total. The highest BCUT2D eigenvalue weighted by atomic mass is 16.5. The van der Waals surface area contributed by atoms with Gasteiger partial charge in [0.1, 0.15) is 17.7 Å². The average molecular weight is 421 g/mol. The zero-order valence-electron chi connectivity index (χ0n) is 18.0. The van der Waals surface area contributed by atoms with Gasteiger partial charge in [-0.1, -0.05) is 6.08 Å². The summed E-state index contributed by atoms with van der Waals surface area (Å²) in [6.07, 6.45) is 11.8. The van der Waals surface area contributed by atoms with Gasteiger partial charge in [-0.3, -0.25) is 15.0 Å². The molecule has 0 amide bonds. The van der Waals surface area contributed by atoms with Crippen molar-refractivity contribution in [3.05, 3.63) is 34.0 Å². The summed E-state index contributed by atoms with van der Waals surface area (Å²) in [5, 5.41) is 17.9. The largest absolute Gasteiger partial charge is 0.371 e. The van der Waals surface area contributed by atoms with E-state index in [1.807, 2.05) is 0 Å². The molecule has 0 radical (unpaired) electrons. The minimum Gasteiger partial charge on any atom is -0.371 e. The Morgan fingerprint density at radius 1 is 1.19 bits per heavy atom. The lowest BCUT2D eigenvalue weighted by atomic mass is 10.1. The van der Waals surface area contributed by atoms with Gasteiger partial charge in [0, 0.05) is 17.7 Å². The second-order valence-corrected chi connectivity index (χ2v) is 9.00. The van der Waals surface area contributed by atoms with Gasteiger partial charge in [-0.15, -0.1) is 0 Å². The van der Waals surface area contributed by atoms with Crippen molar-refractivity contribution in [3.63, 3.8) is 0 Å². The predicted molar refractivity (Wildman–Crippen MR) is 117 cm³/mol. The molecule has 9 heteroatoms. The first kappa shape index (κ1) is 18.9. The Balaban J connectivity index is 1.25. The molecule has 2 aliphatic heterocycles. The van der Waals surface area contributed by atoms with Gasteiger partial charge >= 0.3 is 0 Å². The van der Waals surface area contributed by atoms with Crippen molar-refractivity contribution in [2.45, 2.75) is 70.5 Å². The number of rotatable bonds is 5. The highest BCUT2D eigenvalue weighted by Crippen LogP contribution is 2.38. The number of aliphatic imine (C=N–C) groups is 1. The Kier molecular flexibility index (Phi) is 4.53. The lowest BCUT2D eigenvalue weighted by molar-refractivity contribution is 0.0473. The first-order chi connectivity index (χ1) is 15.1. The number of nitrogens with zero attached hydrogens (tertiary/aromatic N) is 6. The molecule has 1 fully saturated rings. The third-order valence-corrected chi connectivity index (χ3v) is 6.23. The molecule has 4 heterocycles. The molecule has 0 aromatic carbocycles. The van der Waals surface area contributed by atoms with Crippen LogP contribution in [0, 0.1) is 0 Å². The third kappa shape index (κ3) is 3.61. The fraction of sp³-hybridized carbons (Fsp3) is 0.545. The van der Waals surface area contributed by atoms with Crippen LogP contribution in [0.15, 0.2) is 11.1 Å². The average Bonchev–Trinajstić information content (AvgIpc) is 3.40. The molecule has 0 saturated heterocycles. The Hall–Kier alpha value is -2.78. The smallest absolute Gasteiger partial charge is 0.154 e. The molecule has 0 bridgehead atoms. The number of fused-ring (bicyclic) bond motifs is 2. The first-order valence-corrected chi connectivity index (χ1v) is 11.2. The highest BCUT2D eigenvalue weighted by molar-refractivity contribution is 5.77. The summed E-state index contributed by atoms with van der Waals surface area (Å²) in [5.41, 5.74) is 1.88. The molecule has 2 aromatic rings. The summed E-state index contributed by atoms with van der Waals surface area (Å²) < 4.78 is 8.09. The summed E-state index contributed by atoms with van der Waals surface area (Å²) in [6.45, 7) is 6.65. The van der Waals surface area contributed by atoms with Crippen molar-refractivity contribution >= 4 is 24.2 Å². The van der Waals surface area contributed by atoms with Crippen LogP contribution in [-0.2, 0) is 17.8 Å². The SMILES string of the molecule is CC(C)OC1C=c2c(C3=CC(N4CCn5nc(C6CC6)nc5C4)N=CN3)n[nH]c2=CC1. The Labute approximate surface area is 180 Å². The topological polar surface area (TPSA) is 96.2 Å². The van der Waals surface area contributed by atoms with Crippen LogP contribution < -0.4 is 15.9 Å². The monoisotopic (exact) mass is 420 g/mol. The van der Waals surface area contributed by atoms with Crippen LogP contribution in [0.4, 0.5) is 0 Å². The van der Waals surface area contributed by atoms with Gasteiger partial charge in [-0.2, -0.15) is 10.2 Å². The van der Waals surface area contributed by atoms with Crippen LogP contribution >= 0.6 is 0 Å². The second kappa shape index (κ2) is 7.42. The van der Waals surface area contributed by atoms with E-state index in [0.29, 0.717) is 5.92 Å². The molecular formula is C22H28N8O. The maximum absolute atomic E-state index is 6.01. The van der Waals surface area contributed by atoms with Crippen molar-refractivity contribution in [3.8, 4) is 0 Å². The van der Waals surface area contributed by atoms with E-state index in [-0.39, 0.29) is 18.4 Å². The van der Waals surface area contributed by atoms with Crippen LogP contribution in [-0.4, -0.2) is 61.1 Å². The van der Waals surface area contributed by atoms with Crippen molar-refractivity contribution in [2.24, 2.45) is 4.99 Å². The van der Waals surface area contributed by atoms with Gasteiger partial charge < -0.3 is 10.1 Å². The lowest BCUT2D eigenvalue weighted by Gasteiger charge is -2.31. The Bertz CT molecular complexity index is 1170. The summed E-state index contributed by atoms with van der Waals surface area (Å²) in [4.78, 5) is 11.8. The summed E-state index contributed by atoms with van der Waals surface area (Å²) >= 11 is 0. The maximum Gasteiger partial charge on any atom is 0.154 e. The first-order valence-electron chi connectivity index (χ1n) is 11.2. The molecule has 2 atom stereocenters. The van der Waals surface area contributed by atoms with Gasteiger partial charge in [0.2, 0.25) is 0 Å². The standard InChI is InChI=1S/C22H28N8O/c1-13(2)31-15-5-6-17-16(9-15)21(27-26-17)18-10-19(24-12-23-18)29-7-8-30-20(11-29)25-22(28-30)14-3-4-14/h6,9-10,12-15,19,26H,3-5,7-8,11H2,1-2H3,(H,23,24). The van der Waals surface area contributed by atoms with E-state index < -0.39 is 0 Å². The van der Waals surface area contributed by atoms with E-state index in [1.165, 1.54) is 12.8 Å². The Morgan fingerprint density at radius 2 is 2.10 bits per heavy atom. The normalized spacial score (nSPS) is 25.3. The van der Waals surface area contributed by atoms with Crippen molar-refractivity contribution in [2.75, 3.05) is 6.54 Å². The third-order valence-electron chi connectivity index (χ3n) is 6.23. The van der Waals surface area contributed by atoms with Crippen LogP contribution in [0.25, 0.3) is 17.8 Å². The Morgan fingerprint density at radius 3 is 2.94 bits per heavy atom. The highest BCUT2D eigenvalue weighted by Gasteiger charge is 2.32. The summed E-state index contributed by atoms with van der Waals surface area (Å²) in [6, 6.07) is 0. The quantitative estimate of drug-likeness (QED) is 0.729. The van der Waals surface area contributed by atoms with Crippen molar-refractivity contribution in [1.29, 1.82) is 0 Å². The van der Waals surface area contributed by atoms with Crippen LogP contribution in [0.1, 0.15) is 56.4 Å². The summed E-state index contributed by atoms with van der Waals surface area (Å²) in [7, 11) is 0. The summed E-state index contributed by atoms with van der Waals surface area (Å²) in [5.74, 6) is 2.65. The minimum atomic E-state index is -0.0475. The van der Waals surface area contributed by atoms with Crippen LogP contribution in [0.5, 0.6) is 0 Å². The van der Waals surface area contributed by atoms with E-state index >= 15 is 0 Å². The second-order valence-electron chi connectivity index (χ2n) is 9.00. The number of aromatic nitrogens is 5. The molecule has 0 spiro atoms.